The molecule has 5 nitrogen and oxygen atoms in total. The van der Waals surface area contributed by atoms with Gasteiger partial charge in [-0.1, -0.05) is 30.3 Å². The summed E-state index contributed by atoms with van der Waals surface area (Å²) < 4.78 is 26.4. The average molecular weight is 298 g/mol. The van der Waals surface area contributed by atoms with Crippen molar-refractivity contribution >= 4 is 21.4 Å². The normalized spacial score (nSPS) is 13.4. The number of aromatic nitrogens is 1. The largest absolute Gasteiger partial charge is 0.387 e. The zero-order valence-corrected chi connectivity index (χ0v) is 11.9. The molecular weight excluding hydrogens is 284 g/mol. The van der Waals surface area contributed by atoms with E-state index in [2.05, 4.69) is 9.71 Å². The molecule has 1 heterocycles. The minimum absolute atomic E-state index is 0.0662. The fourth-order valence-electron chi connectivity index (χ4n) is 1.52. The van der Waals surface area contributed by atoms with E-state index < -0.39 is 16.1 Å². The number of hydrogen-bond acceptors (Lipinski definition) is 5. The lowest BCUT2D eigenvalue weighted by Gasteiger charge is -2.11. The van der Waals surface area contributed by atoms with Crippen LogP contribution in [-0.4, -0.2) is 25.1 Å². The van der Waals surface area contributed by atoms with Crippen molar-refractivity contribution in [1.82, 2.24) is 9.71 Å². The molecule has 2 aromatic rings. The van der Waals surface area contributed by atoms with Gasteiger partial charge in [-0.15, -0.1) is 11.3 Å². The summed E-state index contributed by atoms with van der Waals surface area (Å²) in [6.45, 7) is 1.67. The molecule has 1 atom stereocenters. The smallest absolute Gasteiger partial charge is 0.251 e. The van der Waals surface area contributed by atoms with Gasteiger partial charge in [0, 0.05) is 6.54 Å². The molecule has 0 amide bonds. The summed E-state index contributed by atoms with van der Waals surface area (Å²) in [5, 5.41) is 10.6. The highest BCUT2D eigenvalue weighted by atomic mass is 32.2. The second-order valence-electron chi connectivity index (χ2n) is 3.98. The summed E-state index contributed by atoms with van der Waals surface area (Å²) in [5.41, 5.74) is 0.672. The highest BCUT2D eigenvalue weighted by Gasteiger charge is 2.18. The van der Waals surface area contributed by atoms with Gasteiger partial charge in [0.1, 0.15) is 0 Å². The summed E-state index contributed by atoms with van der Waals surface area (Å²) in [5.74, 6) is 0. The molecule has 2 N–H and O–H groups in total. The summed E-state index contributed by atoms with van der Waals surface area (Å²) >= 11 is 1.10. The first-order chi connectivity index (χ1) is 8.99. The predicted octanol–water partition coefficient (Wildman–Crippen LogP) is 1.46. The molecule has 0 aliphatic rings. The summed E-state index contributed by atoms with van der Waals surface area (Å²) in [6.07, 6.45) is 0.446. The van der Waals surface area contributed by atoms with E-state index in [1.54, 1.807) is 31.2 Å². The Bertz CT molecular complexity index is 638. The van der Waals surface area contributed by atoms with Crippen LogP contribution >= 0.6 is 11.3 Å². The van der Waals surface area contributed by atoms with Gasteiger partial charge < -0.3 is 5.11 Å². The van der Waals surface area contributed by atoms with Crippen LogP contribution in [0.15, 0.2) is 40.7 Å². The zero-order valence-electron chi connectivity index (χ0n) is 10.3. The maximum Gasteiger partial charge on any atom is 0.251 e. The molecule has 0 aliphatic heterocycles. The van der Waals surface area contributed by atoms with Crippen molar-refractivity contribution in [3.05, 3.63) is 47.1 Å². The highest BCUT2D eigenvalue weighted by molar-refractivity contribution is 7.91. The van der Waals surface area contributed by atoms with Crippen LogP contribution < -0.4 is 4.72 Å². The third-order valence-electron chi connectivity index (χ3n) is 2.52. The van der Waals surface area contributed by atoms with Crippen LogP contribution in [0.25, 0.3) is 0 Å². The lowest BCUT2D eigenvalue weighted by atomic mass is 10.1. The van der Waals surface area contributed by atoms with Gasteiger partial charge in [0.2, 0.25) is 0 Å². The quantitative estimate of drug-likeness (QED) is 0.876. The molecule has 1 unspecified atom stereocenters. The van der Waals surface area contributed by atoms with E-state index in [1.807, 2.05) is 6.07 Å². The number of aryl methyl sites for hydroxylation is 1. The number of sulfonamides is 1. The standard InChI is InChI=1S/C12H14N2O3S2/c1-9-13-8-12(18-9)19(16,17)14-7-11(15)10-5-3-2-4-6-10/h2-6,8,11,14-15H,7H2,1H3. The van der Waals surface area contributed by atoms with Crippen molar-refractivity contribution in [3.63, 3.8) is 0 Å². The number of thiazole rings is 1. The number of hydrogen-bond donors (Lipinski definition) is 2. The Morgan fingerprint density at radius 3 is 2.63 bits per heavy atom. The first kappa shape index (κ1) is 14.1. The highest BCUT2D eigenvalue weighted by Crippen LogP contribution is 2.18. The van der Waals surface area contributed by atoms with E-state index in [0.717, 1.165) is 11.3 Å². The Hall–Kier alpha value is -1.28. The van der Waals surface area contributed by atoms with Crippen LogP contribution in [0.1, 0.15) is 16.7 Å². The number of nitrogens with one attached hydrogen (secondary N) is 1. The third-order valence-corrected chi connectivity index (χ3v) is 5.31. The Morgan fingerprint density at radius 1 is 1.37 bits per heavy atom. The SMILES string of the molecule is Cc1ncc(S(=O)(=O)NCC(O)c2ccccc2)s1. The molecule has 0 radical (unpaired) electrons. The van der Waals surface area contributed by atoms with E-state index >= 15 is 0 Å². The van der Waals surface area contributed by atoms with Crippen LogP contribution in [0.5, 0.6) is 0 Å². The number of nitrogens with zero attached hydrogens (tertiary/aromatic N) is 1. The van der Waals surface area contributed by atoms with Crippen LogP contribution in [0.4, 0.5) is 0 Å². The topological polar surface area (TPSA) is 79.3 Å². The van der Waals surface area contributed by atoms with Crippen molar-refractivity contribution in [2.45, 2.75) is 17.2 Å². The Labute approximate surface area is 116 Å². The van der Waals surface area contributed by atoms with Gasteiger partial charge in [0.05, 0.1) is 17.3 Å². The van der Waals surface area contributed by atoms with Crippen LogP contribution in [-0.2, 0) is 10.0 Å². The maximum absolute atomic E-state index is 11.9. The average Bonchev–Trinajstić information content (AvgIpc) is 2.85. The van der Waals surface area contributed by atoms with E-state index in [9.17, 15) is 13.5 Å². The summed E-state index contributed by atoms with van der Waals surface area (Å²) in [4.78, 5) is 3.91. The molecule has 2 rings (SSSR count). The van der Waals surface area contributed by atoms with Crippen molar-refractivity contribution < 1.29 is 13.5 Å². The van der Waals surface area contributed by atoms with E-state index in [0.29, 0.717) is 10.6 Å². The molecule has 1 aromatic carbocycles. The monoisotopic (exact) mass is 298 g/mol. The molecule has 102 valence electrons. The number of rotatable bonds is 5. The van der Waals surface area contributed by atoms with Crippen molar-refractivity contribution in [3.8, 4) is 0 Å². The maximum atomic E-state index is 11.9. The Balaban J connectivity index is 2.03. The Morgan fingerprint density at radius 2 is 2.05 bits per heavy atom. The van der Waals surface area contributed by atoms with Gasteiger partial charge in [-0.2, -0.15) is 0 Å². The molecular formula is C12H14N2O3S2. The second kappa shape index (κ2) is 5.79. The van der Waals surface area contributed by atoms with Crippen LogP contribution in [0, 0.1) is 6.92 Å². The number of benzene rings is 1. The lowest BCUT2D eigenvalue weighted by molar-refractivity contribution is 0.182. The molecule has 0 saturated carbocycles. The number of aliphatic hydroxyl groups excluding tert-OH is 1. The fourth-order valence-corrected chi connectivity index (χ4v) is 3.71. The van der Waals surface area contributed by atoms with Crippen molar-refractivity contribution in [2.75, 3.05) is 6.54 Å². The predicted molar refractivity (Wildman–Crippen MR) is 73.4 cm³/mol. The zero-order chi connectivity index (χ0) is 13.9. The van der Waals surface area contributed by atoms with Gasteiger partial charge in [-0.25, -0.2) is 18.1 Å². The first-order valence-electron chi connectivity index (χ1n) is 5.64. The fraction of sp³-hybridized carbons (Fsp3) is 0.250. The van der Waals surface area contributed by atoms with E-state index in [1.165, 1.54) is 6.20 Å². The molecule has 0 saturated heterocycles. The van der Waals surface area contributed by atoms with Crippen LogP contribution in [0.3, 0.4) is 0 Å². The van der Waals surface area contributed by atoms with Gasteiger partial charge in [-0.3, -0.25) is 0 Å². The number of aliphatic hydroxyl groups is 1. The minimum atomic E-state index is -3.60. The first-order valence-corrected chi connectivity index (χ1v) is 7.94. The molecule has 7 heteroatoms. The molecule has 0 spiro atoms. The van der Waals surface area contributed by atoms with Gasteiger partial charge in [0.15, 0.2) is 4.21 Å². The molecule has 0 aliphatic carbocycles. The molecule has 0 fully saturated rings. The van der Waals surface area contributed by atoms with Crippen molar-refractivity contribution in [1.29, 1.82) is 0 Å². The van der Waals surface area contributed by atoms with Gasteiger partial charge >= 0.3 is 0 Å². The van der Waals surface area contributed by atoms with Crippen LogP contribution in [0.2, 0.25) is 0 Å². The second-order valence-corrected chi connectivity index (χ2v) is 7.21. The summed E-state index contributed by atoms with van der Waals surface area (Å²) in [7, 11) is -3.60. The molecule has 19 heavy (non-hydrogen) atoms. The van der Waals surface area contributed by atoms with Gasteiger partial charge in [-0.05, 0) is 12.5 Å². The van der Waals surface area contributed by atoms with Gasteiger partial charge in [0.25, 0.3) is 10.0 Å². The van der Waals surface area contributed by atoms with Crippen molar-refractivity contribution in [2.24, 2.45) is 0 Å². The van der Waals surface area contributed by atoms with E-state index in [-0.39, 0.29) is 10.8 Å². The Kier molecular flexibility index (Phi) is 4.31. The minimum Gasteiger partial charge on any atom is -0.387 e. The molecule has 1 aromatic heterocycles. The summed E-state index contributed by atoms with van der Waals surface area (Å²) in [6, 6.07) is 8.91. The van der Waals surface area contributed by atoms with E-state index in [4.69, 9.17) is 0 Å². The molecule has 0 bridgehead atoms. The third kappa shape index (κ3) is 3.60. The lowest BCUT2D eigenvalue weighted by Crippen LogP contribution is -2.28.